The molecule has 0 saturated carbocycles. The van der Waals surface area contributed by atoms with E-state index >= 15 is 0 Å². The summed E-state index contributed by atoms with van der Waals surface area (Å²) in [6.45, 7) is 0.892. The van der Waals surface area contributed by atoms with Crippen molar-refractivity contribution < 1.29 is 24.4 Å². The minimum absolute atomic E-state index is 0.103. The average Bonchev–Trinajstić information content (AvgIpc) is 2.42. The number of carbonyl (C=O) groups excluding carboxylic acids is 2. The number of benzene rings is 1. The number of hydrogen-bond acceptors (Lipinski definition) is 6. The minimum Gasteiger partial charge on any atom is -0.467 e. The number of aryl methyl sites for hydroxylation is 1. The summed E-state index contributed by atoms with van der Waals surface area (Å²) in [5.41, 5.74) is 0.366. The highest BCUT2D eigenvalue weighted by molar-refractivity contribution is 5.97. The molecule has 1 unspecified atom stereocenters. The van der Waals surface area contributed by atoms with Crippen molar-refractivity contribution in [1.29, 1.82) is 0 Å². The number of nitrogens with zero attached hydrogens (tertiary/aromatic N) is 1. The molecule has 0 radical (unpaired) electrons. The van der Waals surface area contributed by atoms with Gasteiger partial charge in [0.05, 0.1) is 18.6 Å². The molecule has 0 heterocycles. The third-order valence-corrected chi connectivity index (χ3v) is 2.63. The number of amides is 1. The highest BCUT2D eigenvalue weighted by Gasteiger charge is 2.22. The van der Waals surface area contributed by atoms with Crippen LogP contribution < -0.4 is 5.32 Å². The highest BCUT2D eigenvalue weighted by atomic mass is 16.6. The summed E-state index contributed by atoms with van der Waals surface area (Å²) >= 11 is 0. The number of carbonyl (C=O) groups is 2. The topological polar surface area (TPSA) is 119 Å². The molecule has 108 valence electrons. The van der Waals surface area contributed by atoms with Crippen LogP contribution in [0.15, 0.2) is 18.2 Å². The van der Waals surface area contributed by atoms with E-state index in [0.717, 1.165) is 7.11 Å². The Morgan fingerprint density at radius 1 is 1.50 bits per heavy atom. The monoisotopic (exact) mass is 282 g/mol. The average molecular weight is 282 g/mol. The standard InChI is InChI=1S/C12H14N2O6/c1-7-5-8(3-4-10(7)14(18)19)11(16)13-9(6-15)12(17)20-2/h3-5,9,15H,6H2,1-2H3,(H,13,16). The molecule has 0 aliphatic carbocycles. The van der Waals surface area contributed by atoms with Crippen LogP contribution in [0.25, 0.3) is 0 Å². The van der Waals surface area contributed by atoms with Gasteiger partial charge in [-0.3, -0.25) is 14.9 Å². The molecule has 1 atom stereocenters. The molecule has 2 N–H and O–H groups in total. The first-order valence-electron chi connectivity index (χ1n) is 5.65. The van der Waals surface area contributed by atoms with Crippen molar-refractivity contribution in [2.24, 2.45) is 0 Å². The van der Waals surface area contributed by atoms with E-state index in [1.54, 1.807) is 0 Å². The maximum absolute atomic E-state index is 11.9. The second kappa shape index (κ2) is 6.62. The number of rotatable bonds is 5. The van der Waals surface area contributed by atoms with Gasteiger partial charge < -0.3 is 15.2 Å². The van der Waals surface area contributed by atoms with Crippen LogP contribution in [0.3, 0.4) is 0 Å². The van der Waals surface area contributed by atoms with Crippen molar-refractivity contribution in [1.82, 2.24) is 5.32 Å². The lowest BCUT2D eigenvalue weighted by Gasteiger charge is -2.13. The zero-order valence-electron chi connectivity index (χ0n) is 11.0. The first kappa shape index (κ1) is 15.6. The van der Waals surface area contributed by atoms with Gasteiger partial charge in [0.1, 0.15) is 0 Å². The Bertz CT molecular complexity index is 543. The molecule has 20 heavy (non-hydrogen) atoms. The lowest BCUT2D eigenvalue weighted by Crippen LogP contribution is -2.44. The maximum Gasteiger partial charge on any atom is 0.330 e. The second-order valence-corrected chi connectivity index (χ2v) is 3.99. The number of aliphatic hydroxyl groups excluding tert-OH is 1. The summed E-state index contributed by atoms with van der Waals surface area (Å²) in [5.74, 6) is -1.41. The first-order chi connectivity index (χ1) is 9.40. The van der Waals surface area contributed by atoms with Crippen LogP contribution in [-0.2, 0) is 9.53 Å². The van der Waals surface area contributed by atoms with E-state index in [2.05, 4.69) is 10.1 Å². The van der Waals surface area contributed by atoms with E-state index in [1.807, 2.05) is 0 Å². The molecule has 0 aliphatic heterocycles. The molecular formula is C12H14N2O6. The van der Waals surface area contributed by atoms with Gasteiger partial charge in [-0.1, -0.05) is 0 Å². The molecule has 1 rings (SSSR count). The smallest absolute Gasteiger partial charge is 0.330 e. The molecule has 8 nitrogen and oxygen atoms in total. The van der Waals surface area contributed by atoms with Crippen molar-refractivity contribution in [2.45, 2.75) is 13.0 Å². The molecule has 0 bridgehead atoms. The lowest BCUT2D eigenvalue weighted by atomic mass is 10.1. The number of ether oxygens (including phenoxy) is 1. The molecule has 0 aromatic heterocycles. The van der Waals surface area contributed by atoms with E-state index < -0.39 is 29.4 Å². The van der Waals surface area contributed by atoms with Crippen molar-refractivity contribution in [3.8, 4) is 0 Å². The Hall–Kier alpha value is -2.48. The molecule has 1 amide bonds. The van der Waals surface area contributed by atoms with Gasteiger partial charge in [-0.25, -0.2) is 4.79 Å². The van der Waals surface area contributed by atoms with Gasteiger partial charge in [-0.2, -0.15) is 0 Å². The van der Waals surface area contributed by atoms with E-state index in [9.17, 15) is 19.7 Å². The zero-order chi connectivity index (χ0) is 15.3. The number of nitrogens with one attached hydrogen (secondary N) is 1. The fourth-order valence-electron chi connectivity index (χ4n) is 1.56. The van der Waals surface area contributed by atoms with Gasteiger partial charge in [-0.15, -0.1) is 0 Å². The Morgan fingerprint density at radius 3 is 2.60 bits per heavy atom. The Balaban J connectivity index is 2.90. The molecule has 0 fully saturated rings. The van der Waals surface area contributed by atoms with Crippen molar-refractivity contribution in [3.63, 3.8) is 0 Å². The fourth-order valence-corrected chi connectivity index (χ4v) is 1.56. The van der Waals surface area contributed by atoms with E-state index in [1.165, 1.54) is 25.1 Å². The third-order valence-electron chi connectivity index (χ3n) is 2.63. The van der Waals surface area contributed by atoms with Crippen LogP contribution in [-0.4, -0.2) is 41.7 Å². The summed E-state index contributed by atoms with van der Waals surface area (Å²) in [6.07, 6.45) is 0. The summed E-state index contributed by atoms with van der Waals surface area (Å²) in [6, 6.07) is 2.63. The predicted octanol–water partition coefficient (Wildman–Crippen LogP) is 0.167. The second-order valence-electron chi connectivity index (χ2n) is 3.99. The van der Waals surface area contributed by atoms with Gasteiger partial charge in [0, 0.05) is 17.2 Å². The van der Waals surface area contributed by atoms with Crippen molar-refractivity contribution >= 4 is 17.6 Å². The third kappa shape index (κ3) is 3.51. The quantitative estimate of drug-likeness (QED) is 0.451. The number of aliphatic hydroxyl groups is 1. The largest absolute Gasteiger partial charge is 0.467 e. The molecule has 1 aromatic carbocycles. The van der Waals surface area contributed by atoms with Gasteiger partial charge >= 0.3 is 5.97 Å². The maximum atomic E-state index is 11.9. The zero-order valence-corrected chi connectivity index (χ0v) is 11.0. The Morgan fingerprint density at radius 2 is 2.15 bits per heavy atom. The van der Waals surface area contributed by atoms with Gasteiger partial charge in [0.15, 0.2) is 6.04 Å². The van der Waals surface area contributed by atoms with E-state index in [-0.39, 0.29) is 11.3 Å². The van der Waals surface area contributed by atoms with Crippen molar-refractivity contribution in [3.05, 3.63) is 39.4 Å². The highest BCUT2D eigenvalue weighted by Crippen LogP contribution is 2.18. The van der Waals surface area contributed by atoms with E-state index in [0.29, 0.717) is 5.56 Å². The molecule has 8 heteroatoms. The van der Waals surface area contributed by atoms with Crippen LogP contribution in [0.1, 0.15) is 15.9 Å². The van der Waals surface area contributed by atoms with E-state index in [4.69, 9.17) is 5.11 Å². The molecule has 1 aromatic rings. The first-order valence-corrected chi connectivity index (χ1v) is 5.65. The lowest BCUT2D eigenvalue weighted by molar-refractivity contribution is -0.385. The number of methoxy groups -OCH3 is 1. The summed E-state index contributed by atoms with van der Waals surface area (Å²) in [4.78, 5) is 33.2. The fraction of sp³-hybridized carbons (Fsp3) is 0.333. The molecule has 0 saturated heterocycles. The minimum atomic E-state index is -1.18. The summed E-state index contributed by atoms with van der Waals surface area (Å²) < 4.78 is 4.41. The Kier molecular flexibility index (Phi) is 5.15. The molecule has 0 aliphatic rings. The van der Waals surface area contributed by atoms with Crippen LogP contribution in [0, 0.1) is 17.0 Å². The molecule has 0 spiro atoms. The number of esters is 1. The predicted molar refractivity (Wildman–Crippen MR) is 68.2 cm³/mol. The van der Waals surface area contributed by atoms with Crippen LogP contribution in [0.4, 0.5) is 5.69 Å². The normalized spacial score (nSPS) is 11.6. The number of nitro benzene ring substituents is 1. The SMILES string of the molecule is COC(=O)C(CO)NC(=O)c1ccc([N+](=O)[O-])c(C)c1. The molecular weight excluding hydrogens is 268 g/mol. The Labute approximate surface area is 114 Å². The van der Waals surface area contributed by atoms with Crippen LogP contribution in [0.2, 0.25) is 0 Å². The van der Waals surface area contributed by atoms with Gasteiger partial charge in [0.2, 0.25) is 0 Å². The van der Waals surface area contributed by atoms with Crippen molar-refractivity contribution in [2.75, 3.05) is 13.7 Å². The van der Waals surface area contributed by atoms with Crippen LogP contribution >= 0.6 is 0 Å². The van der Waals surface area contributed by atoms with Gasteiger partial charge in [-0.05, 0) is 19.1 Å². The number of nitro groups is 1. The summed E-state index contributed by atoms with van der Waals surface area (Å²) in [7, 11) is 1.13. The summed E-state index contributed by atoms with van der Waals surface area (Å²) in [5, 5.41) is 21.9. The van der Waals surface area contributed by atoms with Crippen LogP contribution in [0.5, 0.6) is 0 Å². The van der Waals surface area contributed by atoms with Gasteiger partial charge in [0.25, 0.3) is 11.6 Å². The number of hydrogen-bond donors (Lipinski definition) is 2.